The third kappa shape index (κ3) is 6.50. The zero-order valence-corrected chi connectivity index (χ0v) is 23.4. The maximum absolute atomic E-state index is 13.1. The maximum Gasteiger partial charge on any atom is 0.262 e. The number of hydrogen-bond donors (Lipinski definition) is 0. The first-order valence-electron chi connectivity index (χ1n) is 12.8. The fourth-order valence-electron chi connectivity index (χ4n) is 4.33. The van der Waals surface area contributed by atoms with Gasteiger partial charge in [0, 0.05) is 33.1 Å². The molecule has 1 unspecified atom stereocenters. The van der Waals surface area contributed by atoms with Gasteiger partial charge in [-0.15, -0.1) is 0 Å². The largest absolute Gasteiger partial charge is 0.497 e. The quantitative estimate of drug-likeness (QED) is 0.231. The molecule has 0 bridgehead atoms. The van der Waals surface area contributed by atoms with Crippen molar-refractivity contribution in [2.45, 2.75) is 53.9 Å². The summed E-state index contributed by atoms with van der Waals surface area (Å²) in [5, 5.41) is 1.77. The van der Waals surface area contributed by atoms with Gasteiger partial charge < -0.3 is 4.74 Å². The number of carbonyl (C=O) groups excluding carboxylic acids is 2. The van der Waals surface area contributed by atoms with E-state index in [-0.39, 0.29) is 17.6 Å². The lowest BCUT2D eigenvalue weighted by Gasteiger charge is -2.08. The van der Waals surface area contributed by atoms with Gasteiger partial charge >= 0.3 is 0 Å². The molecule has 0 aliphatic rings. The van der Waals surface area contributed by atoms with Crippen molar-refractivity contribution in [3.63, 3.8) is 0 Å². The van der Waals surface area contributed by atoms with Crippen LogP contribution in [-0.4, -0.2) is 23.4 Å². The topological polar surface area (TPSA) is 48.3 Å². The van der Waals surface area contributed by atoms with Gasteiger partial charge in [-0.2, -0.15) is 0 Å². The van der Waals surface area contributed by atoms with Crippen LogP contribution in [0.4, 0.5) is 0 Å². The highest BCUT2D eigenvalue weighted by Gasteiger charge is 2.20. The normalized spacial score (nSPS) is 11.5. The minimum absolute atomic E-state index is 0.0185. The van der Waals surface area contributed by atoms with Crippen molar-refractivity contribution in [3.05, 3.63) is 99.7 Å². The second-order valence-corrected chi connectivity index (χ2v) is 9.82. The average molecular weight is 518 g/mol. The summed E-state index contributed by atoms with van der Waals surface area (Å²) in [6.07, 6.45) is 2.86. The molecule has 1 heterocycles. The molecule has 5 heteroatoms. The molecule has 0 aliphatic carbocycles. The minimum atomic E-state index is 0.0185. The van der Waals surface area contributed by atoms with Crippen LogP contribution in [0.25, 0.3) is 10.9 Å². The number of fused-ring (bicyclic) bond motifs is 1. The summed E-state index contributed by atoms with van der Waals surface area (Å²) in [7, 11) is 1.67. The standard InChI is InChI=1S/C21H23NO2.C11H13ClO/c1-5-6-18-15(3)22(20-12-11-17(24-4)13-19(18)20)21(23)16-9-7-14(2)8-10-16;1-3-8(2)11(13)9-4-6-10(12)7-5-9/h7-13H,5-6H2,1-4H3;4-8H,3H2,1-2H3. The van der Waals surface area contributed by atoms with Crippen LogP contribution in [0, 0.1) is 19.8 Å². The molecule has 1 aromatic heterocycles. The molecule has 0 amide bonds. The molecule has 0 saturated heterocycles. The molecular weight excluding hydrogens is 482 g/mol. The zero-order chi connectivity index (χ0) is 27.1. The molecule has 0 radical (unpaired) electrons. The number of hydrogen-bond acceptors (Lipinski definition) is 3. The van der Waals surface area contributed by atoms with Crippen molar-refractivity contribution in [1.29, 1.82) is 0 Å². The van der Waals surface area contributed by atoms with Gasteiger partial charge in [-0.25, -0.2) is 0 Å². The lowest BCUT2D eigenvalue weighted by molar-refractivity contribution is 0.0925. The summed E-state index contributed by atoms with van der Waals surface area (Å²) in [6, 6.07) is 20.7. The predicted molar refractivity (Wildman–Crippen MR) is 153 cm³/mol. The number of ketones is 1. The van der Waals surface area contributed by atoms with Crippen molar-refractivity contribution < 1.29 is 14.3 Å². The third-order valence-electron chi connectivity index (χ3n) is 6.73. The Morgan fingerprint density at radius 3 is 2.11 bits per heavy atom. The maximum atomic E-state index is 13.1. The Kier molecular flexibility index (Phi) is 9.71. The molecule has 3 aromatic carbocycles. The Labute approximate surface area is 225 Å². The number of nitrogens with zero attached hydrogens (tertiary/aromatic N) is 1. The average Bonchev–Trinajstić information content (AvgIpc) is 3.19. The molecule has 0 N–H and O–H groups in total. The zero-order valence-electron chi connectivity index (χ0n) is 22.6. The van der Waals surface area contributed by atoms with E-state index in [4.69, 9.17) is 16.3 Å². The van der Waals surface area contributed by atoms with Crippen LogP contribution >= 0.6 is 11.6 Å². The number of benzene rings is 3. The summed E-state index contributed by atoms with van der Waals surface area (Å²) >= 11 is 5.72. The molecule has 4 nitrogen and oxygen atoms in total. The lowest BCUT2D eigenvalue weighted by Crippen LogP contribution is -2.13. The SMILES string of the molecule is CCC(C)C(=O)c1ccc(Cl)cc1.CCCc1c(C)n(C(=O)c2ccc(C)cc2)c2ccc(OC)cc12. The van der Waals surface area contributed by atoms with Crippen molar-refractivity contribution >= 4 is 34.2 Å². The smallest absolute Gasteiger partial charge is 0.262 e. The van der Waals surface area contributed by atoms with Crippen LogP contribution in [0.2, 0.25) is 5.02 Å². The van der Waals surface area contributed by atoms with Crippen LogP contribution in [-0.2, 0) is 6.42 Å². The van der Waals surface area contributed by atoms with Gasteiger partial charge in [-0.05, 0) is 86.8 Å². The number of carbonyl (C=O) groups is 2. The summed E-state index contributed by atoms with van der Waals surface area (Å²) in [4.78, 5) is 24.7. The van der Waals surface area contributed by atoms with E-state index in [1.54, 1.807) is 31.4 Å². The molecule has 194 valence electrons. The van der Waals surface area contributed by atoms with E-state index >= 15 is 0 Å². The van der Waals surface area contributed by atoms with Gasteiger partial charge in [-0.1, -0.05) is 56.5 Å². The first-order valence-corrected chi connectivity index (χ1v) is 13.2. The van der Waals surface area contributed by atoms with Gasteiger partial charge in [-0.3, -0.25) is 14.2 Å². The molecular formula is C32H36ClNO3. The molecule has 0 aliphatic heterocycles. The van der Waals surface area contributed by atoms with Crippen LogP contribution in [0.1, 0.15) is 71.1 Å². The Morgan fingerprint density at radius 1 is 0.919 bits per heavy atom. The summed E-state index contributed by atoms with van der Waals surface area (Å²) in [6.45, 7) is 10.2. The number of halogens is 1. The van der Waals surface area contributed by atoms with Crippen molar-refractivity contribution in [2.24, 2.45) is 5.92 Å². The lowest BCUT2D eigenvalue weighted by atomic mass is 9.97. The van der Waals surface area contributed by atoms with E-state index in [2.05, 4.69) is 6.92 Å². The van der Waals surface area contributed by atoms with E-state index in [0.717, 1.165) is 52.7 Å². The number of Topliss-reactive ketones (excluding diaryl/α,β-unsaturated/α-hetero) is 1. The van der Waals surface area contributed by atoms with Crippen LogP contribution in [0.5, 0.6) is 5.75 Å². The van der Waals surface area contributed by atoms with Gasteiger partial charge in [0.15, 0.2) is 5.78 Å². The van der Waals surface area contributed by atoms with Gasteiger partial charge in [0.1, 0.15) is 5.75 Å². The molecule has 0 saturated carbocycles. The van der Waals surface area contributed by atoms with Crippen molar-refractivity contribution in [1.82, 2.24) is 4.57 Å². The number of ether oxygens (including phenoxy) is 1. The summed E-state index contributed by atoms with van der Waals surface area (Å²) in [5.74, 6) is 1.13. The third-order valence-corrected chi connectivity index (χ3v) is 6.98. The fourth-order valence-corrected chi connectivity index (χ4v) is 4.45. The predicted octanol–water partition coefficient (Wildman–Crippen LogP) is 8.48. The Morgan fingerprint density at radius 2 is 1.54 bits per heavy atom. The highest BCUT2D eigenvalue weighted by atomic mass is 35.5. The first kappa shape index (κ1) is 28.2. The Balaban J connectivity index is 0.000000248. The molecule has 4 rings (SSSR count). The van der Waals surface area contributed by atoms with Crippen molar-refractivity contribution in [3.8, 4) is 5.75 Å². The van der Waals surface area contributed by atoms with Gasteiger partial charge in [0.25, 0.3) is 5.91 Å². The minimum Gasteiger partial charge on any atom is -0.497 e. The molecule has 4 aromatic rings. The number of aryl methyl sites for hydroxylation is 2. The highest BCUT2D eigenvalue weighted by Crippen LogP contribution is 2.31. The molecule has 0 fully saturated rings. The van der Waals surface area contributed by atoms with E-state index in [1.165, 1.54) is 5.56 Å². The summed E-state index contributed by atoms with van der Waals surface area (Å²) in [5.41, 5.74) is 5.80. The Hall–Kier alpha value is -3.37. The van der Waals surface area contributed by atoms with Crippen LogP contribution < -0.4 is 4.74 Å². The number of aromatic nitrogens is 1. The number of rotatable bonds is 7. The van der Waals surface area contributed by atoms with Gasteiger partial charge in [0.2, 0.25) is 0 Å². The van der Waals surface area contributed by atoms with E-state index < -0.39 is 0 Å². The second-order valence-electron chi connectivity index (χ2n) is 9.38. The molecule has 37 heavy (non-hydrogen) atoms. The molecule has 1 atom stereocenters. The molecule has 0 spiro atoms. The first-order chi connectivity index (χ1) is 17.7. The Bertz CT molecular complexity index is 1370. The monoisotopic (exact) mass is 517 g/mol. The van der Waals surface area contributed by atoms with Crippen molar-refractivity contribution in [2.75, 3.05) is 7.11 Å². The van der Waals surface area contributed by atoms with Crippen LogP contribution in [0.15, 0.2) is 66.7 Å². The van der Waals surface area contributed by atoms with E-state index in [9.17, 15) is 9.59 Å². The fraction of sp³-hybridized carbons (Fsp3) is 0.312. The second kappa shape index (κ2) is 12.7. The summed E-state index contributed by atoms with van der Waals surface area (Å²) < 4.78 is 7.21. The van der Waals surface area contributed by atoms with E-state index in [0.29, 0.717) is 10.6 Å². The highest BCUT2D eigenvalue weighted by molar-refractivity contribution is 6.30. The van der Waals surface area contributed by atoms with E-state index in [1.807, 2.05) is 74.7 Å². The number of methoxy groups -OCH3 is 1. The van der Waals surface area contributed by atoms with Gasteiger partial charge in [0.05, 0.1) is 12.6 Å². The van der Waals surface area contributed by atoms with Crippen LogP contribution in [0.3, 0.4) is 0 Å².